The number of halogens is 1. The lowest BCUT2D eigenvalue weighted by molar-refractivity contribution is -0.117. The molecular weight excluding hydrogens is 294 g/mol. The van der Waals surface area contributed by atoms with Gasteiger partial charge in [-0.3, -0.25) is 9.69 Å². The molecule has 0 saturated carbocycles. The number of rotatable bonds is 4. The Bertz CT molecular complexity index is 407. The average molecular weight is 312 g/mol. The first-order valence-corrected chi connectivity index (χ1v) is 6.91. The van der Waals surface area contributed by atoms with E-state index in [-0.39, 0.29) is 5.91 Å². The molecular formula is C13H18BrN3O. The summed E-state index contributed by atoms with van der Waals surface area (Å²) in [6.45, 7) is 2.40. The van der Waals surface area contributed by atoms with Gasteiger partial charge in [0.2, 0.25) is 5.91 Å². The van der Waals surface area contributed by atoms with E-state index in [1.807, 2.05) is 31.3 Å². The number of anilines is 1. The minimum Gasteiger partial charge on any atom is -0.325 e. The molecule has 0 aromatic heterocycles. The molecule has 0 radical (unpaired) electrons. The molecule has 1 aromatic rings. The van der Waals surface area contributed by atoms with Crippen LogP contribution < -0.4 is 10.6 Å². The second-order valence-corrected chi connectivity index (χ2v) is 5.48. The van der Waals surface area contributed by atoms with Crippen molar-refractivity contribution in [1.82, 2.24) is 10.2 Å². The number of carbonyl (C=O) groups excluding carboxylic acids is 1. The molecule has 0 spiro atoms. The van der Waals surface area contributed by atoms with Crippen molar-refractivity contribution in [3.63, 3.8) is 0 Å². The van der Waals surface area contributed by atoms with Crippen molar-refractivity contribution in [3.05, 3.63) is 28.7 Å². The summed E-state index contributed by atoms with van der Waals surface area (Å²) in [6, 6.07) is 8.14. The first kappa shape index (κ1) is 13.5. The number of nitrogens with zero attached hydrogens (tertiary/aromatic N) is 1. The molecule has 1 aliphatic heterocycles. The van der Waals surface area contributed by atoms with E-state index in [1.54, 1.807) is 0 Å². The monoisotopic (exact) mass is 311 g/mol. The summed E-state index contributed by atoms with van der Waals surface area (Å²) < 4.78 is 1.01. The zero-order valence-corrected chi connectivity index (χ0v) is 12.0. The third kappa shape index (κ3) is 3.80. The number of benzene rings is 1. The molecule has 0 bridgehead atoms. The number of likely N-dealkylation sites (tertiary alicyclic amines) is 1. The third-order valence-electron chi connectivity index (χ3n) is 3.18. The Morgan fingerprint density at radius 1 is 1.44 bits per heavy atom. The second kappa shape index (κ2) is 6.31. The predicted octanol–water partition coefficient (Wildman–Crippen LogP) is 1.68. The standard InChI is InChI=1S/C13H18BrN3O/c1-15-12-6-7-17(8-12)9-13(18)16-11-4-2-10(14)3-5-11/h2-5,12,15H,6-9H2,1H3,(H,16,18). The Morgan fingerprint density at radius 3 is 2.78 bits per heavy atom. The number of likely N-dealkylation sites (N-methyl/N-ethyl adjacent to an activating group) is 1. The third-order valence-corrected chi connectivity index (χ3v) is 3.70. The van der Waals surface area contributed by atoms with E-state index in [4.69, 9.17) is 0 Å². The molecule has 1 saturated heterocycles. The van der Waals surface area contributed by atoms with Crippen molar-refractivity contribution >= 4 is 27.5 Å². The van der Waals surface area contributed by atoms with Crippen LogP contribution >= 0.6 is 15.9 Å². The molecule has 5 heteroatoms. The van der Waals surface area contributed by atoms with Crippen molar-refractivity contribution in [2.75, 3.05) is 32.0 Å². The van der Waals surface area contributed by atoms with Crippen molar-refractivity contribution in [2.24, 2.45) is 0 Å². The highest BCUT2D eigenvalue weighted by Gasteiger charge is 2.22. The van der Waals surface area contributed by atoms with Gasteiger partial charge in [-0.05, 0) is 37.7 Å². The lowest BCUT2D eigenvalue weighted by Gasteiger charge is -2.15. The normalized spacial score (nSPS) is 20.0. The molecule has 1 fully saturated rings. The van der Waals surface area contributed by atoms with Crippen molar-refractivity contribution in [2.45, 2.75) is 12.5 Å². The zero-order valence-electron chi connectivity index (χ0n) is 10.4. The first-order chi connectivity index (χ1) is 8.67. The Morgan fingerprint density at radius 2 is 2.17 bits per heavy atom. The molecule has 1 unspecified atom stereocenters. The van der Waals surface area contributed by atoms with Gasteiger partial charge in [0, 0.05) is 29.3 Å². The highest BCUT2D eigenvalue weighted by molar-refractivity contribution is 9.10. The first-order valence-electron chi connectivity index (χ1n) is 6.12. The van der Waals surface area contributed by atoms with Crippen LogP contribution in [0.5, 0.6) is 0 Å². The Hall–Kier alpha value is -0.910. The van der Waals surface area contributed by atoms with Crippen LogP contribution in [0.1, 0.15) is 6.42 Å². The van der Waals surface area contributed by atoms with Gasteiger partial charge in [-0.1, -0.05) is 15.9 Å². The summed E-state index contributed by atoms with van der Waals surface area (Å²) in [5.41, 5.74) is 0.840. The van der Waals surface area contributed by atoms with Crippen LogP contribution in [0.3, 0.4) is 0 Å². The van der Waals surface area contributed by atoms with Gasteiger partial charge in [0.1, 0.15) is 0 Å². The summed E-state index contributed by atoms with van der Waals surface area (Å²) in [4.78, 5) is 14.0. The van der Waals surface area contributed by atoms with E-state index in [9.17, 15) is 4.79 Å². The van der Waals surface area contributed by atoms with E-state index >= 15 is 0 Å². The summed E-state index contributed by atoms with van der Waals surface area (Å²) in [7, 11) is 1.97. The quantitative estimate of drug-likeness (QED) is 0.889. The zero-order chi connectivity index (χ0) is 13.0. The summed E-state index contributed by atoms with van der Waals surface area (Å²) in [6.07, 6.45) is 1.11. The summed E-state index contributed by atoms with van der Waals surface area (Å²) in [5, 5.41) is 6.15. The van der Waals surface area contributed by atoms with Gasteiger partial charge in [0.05, 0.1) is 6.54 Å². The minimum absolute atomic E-state index is 0.0501. The van der Waals surface area contributed by atoms with Crippen molar-refractivity contribution < 1.29 is 4.79 Å². The van der Waals surface area contributed by atoms with Gasteiger partial charge in [-0.15, -0.1) is 0 Å². The Labute approximate surface area is 116 Å². The van der Waals surface area contributed by atoms with Gasteiger partial charge < -0.3 is 10.6 Å². The van der Waals surface area contributed by atoms with Gasteiger partial charge in [-0.25, -0.2) is 0 Å². The van der Waals surface area contributed by atoms with Crippen molar-refractivity contribution in [3.8, 4) is 0 Å². The molecule has 1 atom stereocenters. The molecule has 2 rings (SSSR count). The fourth-order valence-electron chi connectivity index (χ4n) is 2.15. The number of carbonyl (C=O) groups is 1. The second-order valence-electron chi connectivity index (χ2n) is 4.56. The van der Waals surface area contributed by atoms with Crippen LogP contribution in [-0.4, -0.2) is 43.5 Å². The molecule has 98 valence electrons. The van der Waals surface area contributed by atoms with Crippen LogP contribution in [0.25, 0.3) is 0 Å². The Kier molecular flexibility index (Phi) is 4.74. The minimum atomic E-state index is 0.0501. The van der Waals surface area contributed by atoms with E-state index < -0.39 is 0 Å². The maximum absolute atomic E-state index is 11.9. The van der Waals surface area contributed by atoms with E-state index in [2.05, 4.69) is 31.5 Å². The molecule has 4 nitrogen and oxygen atoms in total. The fraction of sp³-hybridized carbons (Fsp3) is 0.462. The van der Waals surface area contributed by atoms with Gasteiger partial charge in [-0.2, -0.15) is 0 Å². The summed E-state index contributed by atoms with van der Waals surface area (Å²) in [5.74, 6) is 0.0501. The highest BCUT2D eigenvalue weighted by atomic mass is 79.9. The summed E-state index contributed by atoms with van der Waals surface area (Å²) >= 11 is 3.37. The maximum atomic E-state index is 11.9. The maximum Gasteiger partial charge on any atom is 0.238 e. The van der Waals surface area contributed by atoms with E-state index in [0.717, 1.165) is 29.7 Å². The molecule has 1 aromatic carbocycles. The topological polar surface area (TPSA) is 44.4 Å². The largest absolute Gasteiger partial charge is 0.325 e. The van der Waals surface area contributed by atoms with E-state index in [1.165, 1.54) is 0 Å². The molecule has 18 heavy (non-hydrogen) atoms. The SMILES string of the molecule is CNC1CCN(CC(=O)Nc2ccc(Br)cc2)C1. The average Bonchev–Trinajstić information content (AvgIpc) is 2.79. The lowest BCUT2D eigenvalue weighted by atomic mass is 10.3. The lowest BCUT2D eigenvalue weighted by Crippen LogP contribution is -2.34. The van der Waals surface area contributed by atoms with E-state index in [0.29, 0.717) is 12.6 Å². The van der Waals surface area contributed by atoms with Crippen LogP contribution in [-0.2, 0) is 4.79 Å². The number of amides is 1. The van der Waals surface area contributed by atoms with Gasteiger partial charge in [0.25, 0.3) is 0 Å². The molecule has 2 N–H and O–H groups in total. The molecule has 1 aliphatic rings. The molecule has 1 heterocycles. The molecule has 1 amide bonds. The Balaban J connectivity index is 1.80. The fourth-order valence-corrected chi connectivity index (χ4v) is 2.41. The van der Waals surface area contributed by atoms with Gasteiger partial charge in [0.15, 0.2) is 0 Å². The van der Waals surface area contributed by atoms with Crippen LogP contribution in [0, 0.1) is 0 Å². The number of nitrogens with one attached hydrogen (secondary N) is 2. The molecule has 0 aliphatic carbocycles. The van der Waals surface area contributed by atoms with Crippen molar-refractivity contribution in [1.29, 1.82) is 0 Å². The number of hydrogen-bond acceptors (Lipinski definition) is 3. The van der Waals surface area contributed by atoms with Crippen LogP contribution in [0.15, 0.2) is 28.7 Å². The van der Waals surface area contributed by atoms with Crippen LogP contribution in [0.4, 0.5) is 5.69 Å². The number of hydrogen-bond donors (Lipinski definition) is 2. The van der Waals surface area contributed by atoms with Crippen LogP contribution in [0.2, 0.25) is 0 Å². The predicted molar refractivity (Wildman–Crippen MR) is 76.7 cm³/mol. The highest BCUT2D eigenvalue weighted by Crippen LogP contribution is 2.14. The van der Waals surface area contributed by atoms with Gasteiger partial charge >= 0.3 is 0 Å². The smallest absolute Gasteiger partial charge is 0.238 e.